The Hall–Kier alpha value is -1.36. The fraction of sp³-hybridized carbons (Fsp3) is 0.733. The van der Waals surface area contributed by atoms with Crippen molar-refractivity contribution in [2.75, 3.05) is 31.6 Å². The molecule has 2 heterocycles. The molecular formula is C15H26N4O. The van der Waals surface area contributed by atoms with E-state index in [1.54, 1.807) is 0 Å². The normalized spacial score (nSPS) is 16.8. The molecule has 0 aromatic carbocycles. The Morgan fingerprint density at radius 3 is 2.65 bits per heavy atom. The first-order valence-corrected chi connectivity index (χ1v) is 7.50. The number of hydrogen-bond acceptors (Lipinski definition) is 5. The van der Waals surface area contributed by atoms with Crippen molar-refractivity contribution in [3.63, 3.8) is 0 Å². The lowest BCUT2D eigenvalue weighted by atomic mass is 9.97. The molecule has 1 aromatic heterocycles. The maximum atomic E-state index is 5.70. The number of rotatable bonds is 5. The van der Waals surface area contributed by atoms with Gasteiger partial charge in [0.15, 0.2) is 0 Å². The van der Waals surface area contributed by atoms with Crippen LogP contribution in [0.25, 0.3) is 0 Å². The monoisotopic (exact) mass is 278 g/mol. The van der Waals surface area contributed by atoms with Crippen LogP contribution in [0.3, 0.4) is 0 Å². The fourth-order valence-electron chi connectivity index (χ4n) is 2.59. The zero-order valence-corrected chi connectivity index (χ0v) is 13.0. The van der Waals surface area contributed by atoms with Crippen molar-refractivity contribution in [1.82, 2.24) is 15.3 Å². The van der Waals surface area contributed by atoms with Crippen molar-refractivity contribution in [3.8, 4) is 5.88 Å². The van der Waals surface area contributed by atoms with Crippen molar-refractivity contribution in [1.29, 1.82) is 0 Å². The number of nitrogens with one attached hydrogen (secondary N) is 1. The molecule has 1 N–H and O–H groups in total. The smallest absolute Gasteiger partial charge is 0.228 e. The number of aryl methyl sites for hydroxylation is 1. The molecule has 5 heteroatoms. The van der Waals surface area contributed by atoms with Gasteiger partial charge in [-0.1, -0.05) is 0 Å². The van der Waals surface area contributed by atoms with Crippen molar-refractivity contribution >= 4 is 5.95 Å². The second-order valence-electron chi connectivity index (χ2n) is 5.80. The van der Waals surface area contributed by atoms with E-state index < -0.39 is 0 Å². The highest BCUT2D eigenvalue weighted by Crippen LogP contribution is 2.22. The molecule has 20 heavy (non-hydrogen) atoms. The molecule has 0 saturated carbocycles. The van der Waals surface area contributed by atoms with Gasteiger partial charge in [0.1, 0.15) is 0 Å². The van der Waals surface area contributed by atoms with E-state index >= 15 is 0 Å². The number of piperidine rings is 1. The zero-order chi connectivity index (χ0) is 14.5. The molecule has 0 atom stereocenters. The Kier molecular flexibility index (Phi) is 5.17. The molecule has 0 radical (unpaired) electrons. The first kappa shape index (κ1) is 15.0. The van der Waals surface area contributed by atoms with Gasteiger partial charge in [-0.2, -0.15) is 4.98 Å². The van der Waals surface area contributed by atoms with Crippen LogP contribution in [0.2, 0.25) is 0 Å². The highest BCUT2D eigenvalue weighted by atomic mass is 16.5. The minimum Gasteiger partial charge on any atom is -0.475 e. The Labute approximate surface area is 121 Å². The highest BCUT2D eigenvalue weighted by molar-refractivity contribution is 5.34. The van der Waals surface area contributed by atoms with Gasteiger partial charge in [0.2, 0.25) is 11.8 Å². The Morgan fingerprint density at radius 1 is 1.35 bits per heavy atom. The van der Waals surface area contributed by atoms with E-state index in [0.29, 0.717) is 5.88 Å². The Balaban J connectivity index is 2.03. The van der Waals surface area contributed by atoms with E-state index in [1.165, 1.54) is 12.8 Å². The summed E-state index contributed by atoms with van der Waals surface area (Å²) in [7, 11) is 2.02. The minimum atomic E-state index is 0.138. The van der Waals surface area contributed by atoms with E-state index in [9.17, 15) is 0 Å². The number of anilines is 1. The first-order chi connectivity index (χ1) is 9.58. The Bertz CT molecular complexity index is 428. The van der Waals surface area contributed by atoms with Crippen LogP contribution in [-0.2, 0) is 0 Å². The highest BCUT2D eigenvalue weighted by Gasteiger charge is 2.21. The molecular weight excluding hydrogens is 252 g/mol. The van der Waals surface area contributed by atoms with Crippen LogP contribution in [-0.4, -0.2) is 42.8 Å². The molecule has 1 aliphatic rings. The average molecular weight is 278 g/mol. The SMILES string of the molecule is CNCC1CCN(c2nc(C)cc(OC(C)C)n2)CC1. The molecule has 0 amide bonds. The quantitative estimate of drug-likeness (QED) is 0.893. The lowest BCUT2D eigenvalue weighted by Crippen LogP contribution is -2.37. The molecule has 0 spiro atoms. The molecule has 1 fully saturated rings. The largest absolute Gasteiger partial charge is 0.475 e. The van der Waals surface area contributed by atoms with Crippen molar-refractivity contribution in [2.45, 2.75) is 39.7 Å². The van der Waals surface area contributed by atoms with Gasteiger partial charge >= 0.3 is 0 Å². The van der Waals surface area contributed by atoms with Crippen LogP contribution in [0.5, 0.6) is 5.88 Å². The third-order valence-electron chi connectivity index (χ3n) is 3.57. The molecule has 1 aliphatic heterocycles. The van der Waals surface area contributed by atoms with E-state index in [1.807, 2.05) is 33.9 Å². The molecule has 1 saturated heterocycles. The summed E-state index contributed by atoms with van der Waals surface area (Å²) in [5.41, 5.74) is 0.961. The fourth-order valence-corrected chi connectivity index (χ4v) is 2.59. The van der Waals surface area contributed by atoms with E-state index in [-0.39, 0.29) is 6.10 Å². The standard InChI is InChI=1S/C15H26N4O/c1-11(2)20-14-9-12(3)17-15(18-14)19-7-5-13(6-8-19)10-16-4/h9,11,13,16H,5-8,10H2,1-4H3. The summed E-state index contributed by atoms with van der Waals surface area (Å²) in [5.74, 6) is 2.26. The van der Waals surface area contributed by atoms with Crippen molar-refractivity contribution in [2.24, 2.45) is 5.92 Å². The van der Waals surface area contributed by atoms with Crippen LogP contribution < -0.4 is 15.0 Å². The van der Waals surface area contributed by atoms with Crippen molar-refractivity contribution in [3.05, 3.63) is 11.8 Å². The summed E-state index contributed by atoms with van der Waals surface area (Å²) < 4.78 is 5.70. The van der Waals surface area contributed by atoms with Gasteiger partial charge in [-0.25, -0.2) is 4.98 Å². The second-order valence-corrected chi connectivity index (χ2v) is 5.80. The van der Waals surface area contributed by atoms with Gasteiger partial charge in [0.05, 0.1) is 6.10 Å². The van der Waals surface area contributed by atoms with E-state index in [2.05, 4.69) is 20.2 Å². The molecule has 1 aromatic rings. The minimum absolute atomic E-state index is 0.138. The summed E-state index contributed by atoms with van der Waals surface area (Å²) in [6.07, 6.45) is 2.52. The topological polar surface area (TPSA) is 50.3 Å². The average Bonchev–Trinajstić information content (AvgIpc) is 2.38. The number of nitrogens with zero attached hydrogens (tertiary/aromatic N) is 3. The molecule has 0 unspecified atom stereocenters. The third-order valence-corrected chi connectivity index (χ3v) is 3.57. The van der Waals surface area contributed by atoms with Gasteiger partial charge in [-0.3, -0.25) is 0 Å². The lowest BCUT2D eigenvalue weighted by Gasteiger charge is -2.32. The maximum absolute atomic E-state index is 5.70. The predicted molar refractivity (Wildman–Crippen MR) is 81.4 cm³/mol. The van der Waals surface area contributed by atoms with Crippen molar-refractivity contribution < 1.29 is 4.74 Å². The third kappa shape index (κ3) is 4.07. The number of ether oxygens (including phenoxy) is 1. The number of aromatic nitrogens is 2. The molecule has 5 nitrogen and oxygen atoms in total. The van der Waals surface area contributed by atoms with Crippen LogP contribution in [0.15, 0.2) is 6.07 Å². The second kappa shape index (κ2) is 6.88. The van der Waals surface area contributed by atoms with Crippen LogP contribution in [0, 0.1) is 12.8 Å². The lowest BCUT2D eigenvalue weighted by molar-refractivity contribution is 0.232. The van der Waals surface area contributed by atoms with E-state index in [0.717, 1.165) is 37.2 Å². The number of hydrogen-bond donors (Lipinski definition) is 1. The van der Waals surface area contributed by atoms with Gasteiger partial charge in [-0.15, -0.1) is 0 Å². The summed E-state index contributed by atoms with van der Waals surface area (Å²) >= 11 is 0. The predicted octanol–water partition coefficient (Wildman–Crippen LogP) is 2.01. The summed E-state index contributed by atoms with van der Waals surface area (Å²) in [6, 6.07) is 1.90. The van der Waals surface area contributed by atoms with Crippen LogP contribution >= 0.6 is 0 Å². The van der Waals surface area contributed by atoms with Gasteiger partial charge in [0.25, 0.3) is 0 Å². The first-order valence-electron chi connectivity index (χ1n) is 7.50. The molecule has 2 rings (SSSR count). The van der Waals surface area contributed by atoms with Crippen LogP contribution in [0.4, 0.5) is 5.95 Å². The van der Waals surface area contributed by atoms with Gasteiger partial charge in [0, 0.05) is 24.8 Å². The molecule has 112 valence electrons. The maximum Gasteiger partial charge on any atom is 0.228 e. The van der Waals surface area contributed by atoms with E-state index in [4.69, 9.17) is 4.74 Å². The summed E-state index contributed by atoms with van der Waals surface area (Å²) in [4.78, 5) is 11.4. The Morgan fingerprint density at radius 2 is 2.05 bits per heavy atom. The molecule has 0 bridgehead atoms. The summed E-state index contributed by atoms with van der Waals surface area (Å²) in [5, 5.41) is 3.26. The molecule has 0 aliphatic carbocycles. The van der Waals surface area contributed by atoms with Gasteiger partial charge < -0.3 is 15.0 Å². The zero-order valence-electron chi connectivity index (χ0n) is 13.0. The van der Waals surface area contributed by atoms with Crippen LogP contribution in [0.1, 0.15) is 32.4 Å². The van der Waals surface area contributed by atoms with Gasteiger partial charge in [-0.05, 0) is 53.1 Å². The summed E-state index contributed by atoms with van der Waals surface area (Å²) in [6.45, 7) is 9.17.